The Morgan fingerprint density at radius 1 is 1.41 bits per heavy atom. The summed E-state index contributed by atoms with van der Waals surface area (Å²) in [6.45, 7) is 0. The first-order valence-corrected chi connectivity index (χ1v) is 5.95. The zero-order chi connectivity index (χ0) is 12.5. The first kappa shape index (κ1) is 11.4. The van der Waals surface area contributed by atoms with Crippen LogP contribution < -0.4 is 10.5 Å². The highest BCUT2D eigenvalue weighted by Crippen LogP contribution is 2.23. The molecule has 17 heavy (non-hydrogen) atoms. The van der Waals surface area contributed by atoms with Gasteiger partial charge in [0.2, 0.25) is 0 Å². The van der Waals surface area contributed by atoms with Gasteiger partial charge in [0.1, 0.15) is 22.7 Å². The van der Waals surface area contributed by atoms with E-state index < -0.39 is 21.5 Å². The van der Waals surface area contributed by atoms with Crippen molar-refractivity contribution in [3.05, 3.63) is 36.5 Å². The van der Waals surface area contributed by atoms with Crippen LogP contribution in [0.5, 0.6) is 0 Å². The fourth-order valence-electron chi connectivity index (χ4n) is 1.22. The molecular formula is C9H8FN3O3S. The molecule has 8 heteroatoms. The summed E-state index contributed by atoms with van der Waals surface area (Å²) in [5, 5.41) is 3.33. The number of anilines is 2. The topological polar surface area (TPSA) is 98.2 Å². The van der Waals surface area contributed by atoms with E-state index in [9.17, 15) is 12.8 Å². The van der Waals surface area contributed by atoms with Gasteiger partial charge in [0.05, 0.1) is 11.9 Å². The van der Waals surface area contributed by atoms with Gasteiger partial charge in [0, 0.05) is 0 Å². The number of nitrogens with two attached hydrogens (primary N) is 1. The summed E-state index contributed by atoms with van der Waals surface area (Å²) in [5.41, 5.74) is 5.06. The van der Waals surface area contributed by atoms with Crippen molar-refractivity contribution in [2.24, 2.45) is 0 Å². The first-order valence-electron chi connectivity index (χ1n) is 4.47. The molecular weight excluding hydrogens is 249 g/mol. The molecule has 0 amide bonds. The van der Waals surface area contributed by atoms with Gasteiger partial charge in [-0.3, -0.25) is 4.72 Å². The Kier molecular flexibility index (Phi) is 2.72. The lowest BCUT2D eigenvalue weighted by Gasteiger charge is -2.08. The fraction of sp³-hybridized carbons (Fsp3) is 0. The van der Waals surface area contributed by atoms with Crippen LogP contribution in [0.25, 0.3) is 0 Å². The van der Waals surface area contributed by atoms with E-state index in [0.29, 0.717) is 0 Å². The van der Waals surface area contributed by atoms with Crippen molar-refractivity contribution in [2.75, 3.05) is 10.5 Å². The highest BCUT2D eigenvalue weighted by Gasteiger charge is 2.20. The van der Waals surface area contributed by atoms with Gasteiger partial charge in [-0.1, -0.05) is 11.2 Å². The largest absolute Gasteiger partial charge is 0.395 e. The van der Waals surface area contributed by atoms with Gasteiger partial charge in [-0.2, -0.15) is 0 Å². The number of benzene rings is 1. The summed E-state index contributed by atoms with van der Waals surface area (Å²) in [6, 6.07) is 3.54. The number of sulfonamides is 1. The summed E-state index contributed by atoms with van der Waals surface area (Å²) >= 11 is 0. The van der Waals surface area contributed by atoms with Gasteiger partial charge in [0.25, 0.3) is 10.0 Å². The van der Waals surface area contributed by atoms with Crippen LogP contribution >= 0.6 is 0 Å². The fourth-order valence-corrected chi connectivity index (χ4v) is 2.38. The Labute approximate surface area is 96.3 Å². The van der Waals surface area contributed by atoms with E-state index in [1.807, 2.05) is 0 Å². The predicted octanol–water partition coefficient (Wildman–Crippen LogP) is 1.20. The number of hydrogen-bond donors (Lipinski definition) is 2. The van der Waals surface area contributed by atoms with Crippen LogP contribution in [0.2, 0.25) is 0 Å². The zero-order valence-electron chi connectivity index (χ0n) is 8.42. The summed E-state index contributed by atoms with van der Waals surface area (Å²) in [6.07, 6.45) is 2.28. The number of aromatic nitrogens is 1. The third kappa shape index (κ3) is 2.21. The van der Waals surface area contributed by atoms with Gasteiger partial charge >= 0.3 is 0 Å². The van der Waals surface area contributed by atoms with Crippen molar-refractivity contribution in [3.63, 3.8) is 0 Å². The molecule has 0 spiro atoms. The van der Waals surface area contributed by atoms with E-state index >= 15 is 0 Å². The lowest BCUT2D eigenvalue weighted by Crippen LogP contribution is -2.15. The Hall–Kier alpha value is -2.09. The number of para-hydroxylation sites is 1. The molecule has 0 atom stereocenters. The minimum absolute atomic E-state index is 0.133. The quantitative estimate of drug-likeness (QED) is 0.805. The molecule has 6 nitrogen and oxygen atoms in total. The van der Waals surface area contributed by atoms with Crippen molar-refractivity contribution >= 4 is 21.4 Å². The Morgan fingerprint density at radius 3 is 2.82 bits per heavy atom. The minimum atomic E-state index is -3.95. The van der Waals surface area contributed by atoms with Crippen molar-refractivity contribution in [1.82, 2.24) is 5.16 Å². The molecule has 0 saturated carbocycles. The summed E-state index contributed by atoms with van der Waals surface area (Å²) in [7, 11) is -3.95. The maximum atomic E-state index is 13.1. The number of nitrogens with zero attached hydrogens (tertiary/aromatic N) is 1. The first-order chi connectivity index (χ1) is 8.00. The molecule has 0 aliphatic heterocycles. The maximum absolute atomic E-state index is 13.1. The monoisotopic (exact) mass is 257 g/mol. The Bertz CT molecular complexity index is 625. The van der Waals surface area contributed by atoms with Gasteiger partial charge in [-0.05, 0) is 12.1 Å². The van der Waals surface area contributed by atoms with Crippen LogP contribution in [0.1, 0.15) is 0 Å². The van der Waals surface area contributed by atoms with Crippen LogP contribution in [0.3, 0.4) is 0 Å². The average molecular weight is 257 g/mol. The van der Waals surface area contributed by atoms with E-state index in [4.69, 9.17) is 5.73 Å². The summed E-state index contributed by atoms with van der Waals surface area (Å²) in [5.74, 6) is -0.793. The molecule has 90 valence electrons. The molecule has 0 aliphatic rings. The van der Waals surface area contributed by atoms with E-state index in [0.717, 1.165) is 12.3 Å². The van der Waals surface area contributed by atoms with Crippen molar-refractivity contribution in [2.45, 2.75) is 4.90 Å². The molecule has 2 rings (SSSR count). The highest BCUT2D eigenvalue weighted by molar-refractivity contribution is 7.92. The van der Waals surface area contributed by atoms with Crippen LogP contribution in [0.4, 0.5) is 15.8 Å². The second-order valence-corrected chi connectivity index (χ2v) is 4.82. The zero-order valence-corrected chi connectivity index (χ0v) is 9.24. The second-order valence-electron chi connectivity index (χ2n) is 3.17. The summed E-state index contributed by atoms with van der Waals surface area (Å²) in [4.78, 5) is -0.335. The van der Waals surface area contributed by atoms with Gasteiger partial charge in [-0.25, -0.2) is 12.8 Å². The number of nitrogen functional groups attached to an aromatic ring is 1. The van der Waals surface area contributed by atoms with E-state index in [-0.39, 0.29) is 10.6 Å². The van der Waals surface area contributed by atoms with Gasteiger partial charge in [-0.15, -0.1) is 0 Å². The molecule has 0 radical (unpaired) electrons. The standard InChI is InChI=1S/C9H8FN3O3S/c10-7-2-1-3-8(9(7)11)17(14,15)13-6-4-12-16-5-6/h1-5,13H,11H2. The lowest BCUT2D eigenvalue weighted by atomic mass is 10.3. The van der Waals surface area contributed by atoms with Crippen LogP contribution in [-0.2, 0) is 10.0 Å². The average Bonchev–Trinajstić information content (AvgIpc) is 2.73. The predicted molar refractivity (Wildman–Crippen MR) is 58.1 cm³/mol. The molecule has 1 aromatic heterocycles. The van der Waals surface area contributed by atoms with E-state index in [1.54, 1.807) is 0 Å². The smallest absolute Gasteiger partial charge is 0.264 e. The van der Waals surface area contributed by atoms with Gasteiger partial charge in [0.15, 0.2) is 0 Å². The van der Waals surface area contributed by atoms with Crippen molar-refractivity contribution in [1.29, 1.82) is 0 Å². The molecule has 0 aliphatic carbocycles. The molecule has 2 aromatic rings. The summed E-state index contributed by atoms with van der Waals surface area (Å²) < 4.78 is 43.5. The Morgan fingerprint density at radius 2 is 2.18 bits per heavy atom. The Balaban J connectivity index is 2.42. The van der Waals surface area contributed by atoms with Crippen molar-refractivity contribution < 1.29 is 17.3 Å². The molecule has 1 aromatic carbocycles. The molecule has 0 unspecified atom stereocenters. The van der Waals surface area contributed by atoms with E-state index in [2.05, 4.69) is 14.4 Å². The number of hydrogen-bond acceptors (Lipinski definition) is 5. The maximum Gasteiger partial charge on any atom is 0.264 e. The van der Waals surface area contributed by atoms with E-state index in [1.165, 1.54) is 18.3 Å². The van der Waals surface area contributed by atoms with Crippen LogP contribution in [-0.4, -0.2) is 13.6 Å². The van der Waals surface area contributed by atoms with Crippen LogP contribution in [0, 0.1) is 5.82 Å². The van der Waals surface area contributed by atoms with Crippen LogP contribution in [0.15, 0.2) is 40.1 Å². The molecule has 1 heterocycles. The van der Waals surface area contributed by atoms with Gasteiger partial charge < -0.3 is 10.3 Å². The van der Waals surface area contributed by atoms with Crippen molar-refractivity contribution in [3.8, 4) is 0 Å². The minimum Gasteiger partial charge on any atom is -0.395 e. The number of rotatable bonds is 3. The molecule has 3 N–H and O–H groups in total. The molecule has 0 bridgehead atoms. The number of halogens is 1. The SMILES string of the molecule is Nc1c(F)cccc1S(=O)(=O)Nc1cnoc1. The highest BCUT2D eigenvalue weighted by atomic mass is 32.2. The second kappa shape index (κ2) is 4.06. The third-order valence-corrected chi connectivity index (χ3v) is 3.43. The third-order valence-electron chi connectivity index (χ3n) is 1.99. The molecule has 0 fully saturated rings. The number of nitrogens with one attached hydrogen (secondary N) is 1. The lowest BCUT2D eigenvalue weighted by molar-refractivity contribution is 0.420. The normalized spacial score (nSPS) is 11.4. The molecule has 0 saturated heterocycles.